The summed E-state index contributed by atoms with van der Waals surface area (Å²) in [5.41, 5.74) is 1.41. The number of benzene rings is 1. The van der Waals surface area contributed by atoms with Gasteiger partial charge < -0.3 is 5.32 Å². The van der Waals surface area contributed by atoms with Crippen molar-refractivity contribution in [2.45, 2.75) is 76.2 Å². The van der Waals surface area contributed by atoms with E-state index in [-0.39, 0.29) is 5.82 Å². The third kappa shape index (κ3) is 4.48. The lowest BCUT2D eigenvalue weighted by Gasteiger charge is -2.31. The predicted molar refractivity (Wildman–Crippen MR) is 95.6 cm³/mol. The van der Waals surface area contributed by atoms with Gasteiger partial charge in [-0.15, -0.1) is 0 Å². The molecule has 0 radical (unpaired) electrons. The monoisotopic (exact) mass is 337 g/mol. The Morgan fingerprint density at radius 1 is 1.17 bits per heavy atom. The van der Waals surface area contributed by atoms with Crippen molar-refractivity contribution in [3.8, 4) is 0 Å². The molecule has 3 rings (SSSR count). The number of halogens is 2. The third-order valence-corrected chi connectivity index (χ3v) is 6.40. The van der Waals surface area contributed by atoms with Gasteiger partial charge in [-0.3, -0.25) is 0 Å². The fraction of sp³-hybridized carbons (Fsp3) is 0.700. The summed E-state index contributed by atoms with van der Waals surface area (Å²) in [5.74, 6) is 1.09. The molecule has 0 unspecified atom stereocenters. The molecule has 1 N–H and O–H groups in total. The highest BCUT2D eigenvalue weighted by Gasteiger charge is 2.28. The molecule has 1 nitrogen and oxygen atoms in total. The lowest BCUT2D eigenvalue weighted by molar-refractivity contribution is 0.284. The Balaban J connectivity index is 1.44. The Labute approximate surface area is 145 Å². The average Bonchev–Trinajstić information content (AvgIpc) is 2.97. The third-order valence-electron chi connectivity index (χ3n) is 6.06. The molecule has 2 saturated carbocycles. The van der Waals surface area contributed by atoms with Crippen LogP contribution in [0.5, 0.6) is 0 Å². The highest BCUT2D eigenvalue weighted by atomic mass is 35.5. The summed E-state index contributed by atoms with van der Waals surface area (Å²) in [5, 5.41) is 4.52. The largest absolute Gasteiger partial charge is 0.312 e. The first kappa shape index (κ1) is 17.2. The molecule has 0 saturated heterocycles. The summed E-state index contributed by atoms with van der Waals surface area (Å²) in [6.45, 7) is 3.52. The van der Waals surface area contributed by atoms with E-state index in [4.69, 9.17) is 11.6 Å². The van der Waals surface area contributed by atoms with Crippen molar-refractivity contribution in [2.24, 2.45) is 5.92 Å². The van der Waals surface area contributed by atoms with E-state index in [0.717, 1.165) is 35.9 Å². The maximum Gasteiger partial charge on any atom is 0.123 e. The zero-order chi connectivity index (χ0) is 16.3. The van der Waals surface area contributed by atoms with Gasteiger partial charge in [0.25, 0.3) is 0 Å². The summed E-state index contributed by atoms with van der Waals surface area (Å²) in [6, 6.07) is 4.78. The fourth-order valence-corrected chi connectivity index (χ4v) is 4.77. The standard InChI is InChI=1S/C20H29ClFN/c1-20(11-2-3-12-20)23-13-10-15-4-6-16(7-5-15)18-14-17(22)8-9-19(18)21/h8-9,14-16,23H,2-7,10-13H2,1H3. The number of rotatable bonds is 5. The highest BCUT2D eigenvalue weighted by molar-refractivity contribution is 6.31. The first-order chi connectivity index (χ1) is 11.1. The summed E-state index contributed by atoms with van der Waals surface area (Å²) in [6.07, 6.45) is 11.5. The van der Waals surface area contributed by atoms with Gasteiger partial charge >= 0.3 is 0 Å². The zero-order valence-corrected chi connectivity index (χ0v) is 15.0. The molecule has 0 bridgehead atoms. The number of hydrogen-bond donors (Lipinski definition) is 1. The maximum absolute atomic E-state index is 13.5. The zero-order valence-electron chi connectivity index (χ0n) is 14.2. The fourth-order valence-electron chi connectivity index (χ4n) is 4.50. The summed E-state index contributed by atoms with van der Waals surface area (Å²) >= 11 is 6.26. The molecule has 0 aliphatic heterocycles. The van der Waals surface area contributed by atoms with Crippen molar-refractivity contribution >= 4 is 11.6 Å². The van der Waals surface area contributed by atoms with Crippen molar-refractivity contribution < 1.29 is 4.39 Å². The molecule has 0 atom stereocenters. The Hall–Kier alpha value is -0.600. The molecule has 0 aromatic heterocycles. The van der Waals surface area contributed by atoms with Crippen molar-refractivity contribution in [2.75, 3.05) is 6.54 Å². The van der Waals surface area contributed by atoms with Crippen LogP contribution in [0.25, 0.3) is 0 Å². The van der Waals surface area contributed by atoms with Crippen LogP contribution >= 0.6 is 11.6 Å². The van der Waals surface area contributed by atoms with Gasteiger partial charge in [-0.1, -0.05) is 24.4 Å². The Bertz CT molecular complexity index is 516. The minimum atomic E-state index is -0.166. The molecule has 2 aliphatic carbocycles. The molecule has 1 aromatic rings. The molecule has 128 valence electrons. The minimum absolute atomic E-state index is 0.166. The Morgan fingerprint density at radius 2 is 1.87 bits per heavy atom. The average molecular weight is 338 g/mol. The lowest BCUT2D eigenvalue weighted by Crippen LogP contribution is -2.40. The van der Waals surface area contributed by atoms with Crippen LogP contribution in [0.4, 0.5) is 4.39 Å². The van der Waals surface area contributed by atoms with Crippen LogP contribution < -0.4 is 5.32 Å². The first-order valence-electron chi connectivity index (χ1n) is 9.26. The van der Waals surface area contributed by atoms with Crippen molar-refractivity contribution in [1.29, 1.82) is 0 Å². The van der Waals surface area contributed by atoms with Gasteiger partial charge in [0, 0.05) is 10.6 Å². The van der Waals surface area contributed by atoms with Crippen LogP contribution in [0, 0.1) is 11.7 Å². The van der Waals surface area contributed by atoms with E-state index in [1.165, 1.54) is 51.0 Å². The van der Waals surface area contributed by atoms with E-state index >= 15 is 0 Å². The van der Waals surface area contributed by atoms with Crippen LogP contribution in [0.1, 0.15) is 76.2 Å². The Kier molecular flexibility index (Phi) is 5.64. The second-order valence-corrected chi connectivity index (χ2v) is 8.27. The second-order valence-electron chi connectivity index (χ2n) is 7.87. The molecule has 0 amide bonds. The summed E-state index contributed by atoms with van der Waals surface area (Å²) < 4.78 is 13.5. The van der Waals surface area contributed by atoms with Crippen LogP contribution in [-0.2, 0) is 0 Å². The van der Waals surface area contributed by atoms with E-state index in [2.05, 4.69) is 12.2 Å². The van der Waals surface area contributed by atoms with Gasteiger partial charge in [0.15, 0.2) is 0 Å². The van der Waals surface area contributed by atoms with Crippen molar-refractivity contribution in [1.82, 2.24) is 5.32 Å². The quantitative estimate of drug-likeness (QED) is 0.688. The highest BCUT2D eigenvalue weighted by Crippen LogP contribution is 2.39. The Morgan fingerprint density at radius 3 is 2.57 bits per heavy atom. The van der Waals surface area contributed by atoms with E-state index in [1.54, 1.807) is 12.1 Å². The SMILES string of the molecule is CC1(NCCC2CCC(c3cc(F)ccc3Cl)CC2)CCCC1. The van der Waals surface area contributed by atoms with Crippen molar-refractivity contribution in [3.63, 3.8) is 0 Å². The molecule has 0 spiro atoms. The minimum Gasteiger partial charge on any atom is -0.312 e. The summed E-state index contributed by atoms with van der Waals surface area (Å²) in [7, 11) is 0. The van der Waals surface area contributed by atoms with Gasteiger partial charge in [0.1, 0.15) is 5.82 Å². The van der Waals surface area contributed by atoms with Gasteiger partial charge in [-0.05, 0) is 94.0 Å². The molecule has 2 fully saturated rings. The van der Waals surface area contributed by atoms with E-state index in [1.807, 2.05) is 0 Å². The van der Waals surface area contributed by atoms with Gasteiger partial charge in [0.2, 0.25) is 0 Å². The van der Waals surface area contributed by atoms with E-state index in [9.17, 15) is 4.39 Å². The van der Waals surface area contributed by atoms with E-state index in [0.29, 0.717) is 11.5 Å². The van der Waals surface area contributed by atoms with E-state index < -0.39 is 0 Å². The van der Waals surface area contributed by atoms with Crippen molar-refractivity contribution in [3.05, 3.63) is 34.6 Å². The molecule has 23 heavy (non-hydrogen) atoms. The molecule has 1 aromatic carbocycles. The van der Waals surface area contributed by atoms with Crippen LogP contribution in [-0.4, -0.2) is 12.1 Å². The smallest absolute Gasteiger partial charge is 0.123 e. The second kappa shape index (κ2) is 7.53. The van der Waals surface area contributed by atoms with Gasteiger partial charge in [-0.2, -0.15) is 0 Å². The van der Waals surface area contributed by atoms with Crippen LogP contribution in [0.15, 0.2) is 18.2 Å². The van der Waals surface area contributed by atoms with Gasteiger partial charge in [-0.25, -0.2) is 4.39 Å². The predicted octanol–water partition coefficient (Wildman–Crippen LogP) is 6.07. The first-order valence-corrected chi connectivity index (χ1v) is 9.63. The molecule has 0 heterocycles. The molecular formula is C20H29ClFN. The normalized spacial score (nSPS) is 27.3. The van der Waals surface area contributed by atoms with Gasteiger partial charge in [0.05, 0.1) is 0 Å². The summed E-state index contributed by atoms with van der Waals surface area (Å²) in [4.78, 5) is 0. The molecular weight excluding hydrogens is 309 g/mol. The number of hydrogen-bond acceptors (Lipinski definition) is 1. The topological polar surface area (TPSA) is 12.0 Å². The maximum atomic E-state index is 13.5. The van der Waals surface area contributed by atoms with Crippen LogP contribution in [0.3, 0.4) is 0 Å². The molecule has 2 aliphatic rings. The molecule has 3 heteroatoms. The van der Waals surface area contributed by atoms with Crippen LogP contribution in [0.2, 0.25) is 5.02 Å². The number of nitrogens with one attached hydrogen (secondary N) is 1. The lowest BCUT2D eigenvalue weighted by atomic mass is 9.77.